The maximum Gasteiger partial charge on any atom is 0.122 e. The molecule has 0 atom stereocenters. The third-order valence-electron chi connectivity index (χ3n) is 2.82. The summed E-state index contributed by atoms with van der Waals surface area (Å²) in [5.41, 5.74) is 4.88. The van der Waals surface area contributed by atoms with Gasteiger partial charge >= 0.3 is 0 Å². The van der Waals surface area contributed by atoms with Crippen LogP contribution in [0.2, 0.25) is 0 Å². The number of hydrogen-bond donors (Lipinski definition) is 2. The van der Waals surface area contributed by atoms with E-state index in [4.69, 9.17) is 9.94 Å². The van der Waals surface area contributed by atoms with E-state index in [2.05, 4.69) is 11.5 Å². The molecule has 0 saturated heterocycles. The zero-order valence-corrected chi connectivity index (χ0v) is 8.83. The van der Waals surface area contributed by atoms with E-state index in [1.54, 1.807) is 0 Å². The van der Waals surface area contributed by atoms with Crippen molar-refractivity contribution in [2.75, 3.05) is 13.2 Å². The first kappa shape index (κ1) is 10.5. The van der Waals surface area contributed by atoms with E-state index >= 15 is 0 Å². The van der Waals surface area contributed by atoms with Gasteiger partial charge in [0.25, 0.3) is 0 Å². The molecule has 1 aromatic carbocycles. The smallest absolute Gasteiger partial charge is 0.122 e. The van der Waals surface area contributed by atoms with E-state index in [-0.39, 0.29) is 0 Å². The molecular weight excluding hydrogens is 190 g/mol. The number of fused-ring (bicyclic) bond motifs is 1. The van der Waals surface area contributed by atoms with Crippen LogP contribution in [-0.2, 0) is 12.8 Å². The fourth-order valence-electron chi connectivity index (χ4n) is 2.09. The molecule has 0 aromatic heterocycles. The van der Waals surface area contributed by atoms with Crippen molar-refractivity contribution in [3.05, 3.63) is 29.3 Å². The Morgan fingerprint density at radius 3 is 3.00 bits per heavy atom. The summed E-state index contributed by atoms with van der Waals surface area (Å²) < 4.78 is 5.62. The standard InChI is InChI=1S/C12H17NO2/c14-13-8-9-15-12-7-3-5-10-4-1-2-6-11(10)12/h3,5,7,13-14H,1-2,4,6,8-9H2. The molecule has 0 unspecified atom stereocenters. The molecule has 0 aliphatic heterocycles. The van der Waals surface area contributed by atoms with Gasteiger partial charge in [0.1, 0.15) is 12.4 Å². The Morgan fingerprint density at radius 2 is 2.13 bits per heavy atom. The predicted octanol–water partition coefficient (Wildman–Crippen LogP) is 1.92. The van der Waals surface area contributed by atoms with E-state index in [1.807, 2.05) is 12.1 Å². The van der Waals surface area contributed by atoms with Gasteiger partial charge in [-0.25, -0.2) is 5.48 Å². The van der Waals surface area contributed by atoms with Crippen LogP contribution in [0.5, 0.6) is 5.75 Å². The lowest BCUT2D eigenvalue weighted by Gasteiger charge is -2.19. The average molecular weight is 207 g/mol. The molecule has 2 N–H and O–H groups in total. The molecule has 0 bridgehead atoms. The quantitative estimate of drug-likeness (QED) is 0.585. The van der Waals surface area contributed by atoms with Crippen molar-refractivity contribution < 1.29 is 9.94 Å². The second kappa shape index (κ2) is 5.14. The zero-order chi connectivity index (χ0) is 10.5. The number of ether oxygens (including phenoxy) is 1. The summed E-state index contributed by atoms with van der Waals surface area (Å²) in [4.78, 5) is 0. The van der Waals surface area contributed by atoms with Crippen LogP contribution in [0.1, 0.15) is 24.0 Å². The lowest BCUT2D eigenvalue weighted by molar-refractivity contribution is 0.145. The summed E-state index contributed by atoms with van der Waals surface area (Å²) in [6.45, 7) is 0.969. The molecule has 0 spiro atoms. The molecule has 1 aliphatic carbocycles. The third kappa shape index (κ3) is 2.49. The molecule has 0 fully saturated rings. The van der Waals surface area contributed by atoms with Gasteiger partial charge < -0.3 is 9.94 Å². The Kier molecular flexibility index (Phi) is 3.59. The first-order valence-corrected chi connectivity index (χ1v) is 5.52. The van der Waals surface area contributed by atoms with Gasteiger partial charge in [-0.2, -0.15) is 0 Å². The van der Waals surface area contributed by atoms with Gasteiger partial charge in [-0.15, -0.1) is 0 Å². The highest BCUT2D eigenvalue weighted by molar-refractivity contribution is 5.41. The van der Waals surface area contributed by atoms with Crippen LogP contribution in [0, 0.1) is 0 Å². The van der Waals surface area contributed by atoms with Crippen molar-refractivity contribution in [2.45, 2.75) is 25.7 Å². The number of rotatable bonds is 4. The lowest BCUT2D eigenvalue weighted by Crippen LogP contribution is -2.17. The van der Waals surface area contributed by atoms with Crippen molar-refractivity contribution in [3.8, 4) is 5.75 Å². The molecule has 1 aromatic rings. The topological polar surface area (TPSA) is 41.5 Å². The highest BCUT2D eigenvalue weighted by Gasteiger charge is 2.13. The Balaban J connectivity index is 2.09. The van der Waals surface area contributed by atoms with E-state index < -0.39 is 0 Å². The molecule has 3 nitrogen and oxygen atoms in total. The zero-order valence-electron chi connectivity index (χ0n) is 8.83. The van der Waals surface area contributed by atoms with Crippen LogP contribution in [0.15, 0.2) is 18.2 Å². The number of nitrogens with one attached hydrogen (secondary N) is 1. The van der Waals surface area contributed by atoms with Crippen molar-refractivity contribution in [3.63, 3.8) is 0 Å². The largest absolute Gasteiger partial charge is 0.492 e. The van der Waals surface area contributed by atoms with Crippen molar-refractivity contribution in [1.82, 2.24) is 5.48 Å². The highest BCUT2D eigenvalue weighted by Crippen LogP contribution is 2.29. The average Bonchev–Trinajstić information content (AvgIpc) is 2.30. The van der Waals surface area contributed by atoms with E-state index in [1.165, 1.54) is 30.4 Å². The minimum atomic E-state index is 0.462. The molecule has 0 amide bonds. The molecular formula is C12H17NO2. The van der Waals surface area contributed by atoms with Crippen LogP contribution < -0.4 is 10.2 Å². The molecule has 0 radical (unpaired) electrons. The van der Waals surface area contributed by atoms with Gasteiger partial charge in [0.2, 0.25) is 0 Å². The summed E-state index contributed by atoms with van der Waals surface area (Å²) in [7, 11) is 0. The van der Waals surface area contributed by atoms with Gasteiger partial charge in [-0.3, -0.25) is 0 Å². The normalized spacial score (nSPS) is 14.7. The Bertz CT molecular complexity index is 325. The molecule has 82 valence electrons. The third-order valence-corrected chi connectivity index (χ3v) is 2.82. The van der Waals surface area contributed by atoms with Gasteiger partial charge in [0, 0.05) is 0 Å². The fourth-order valence-corrected chi connectivity index (χ4v) is 2.09. The Morgan fingerprint density at radius 1 is 1.27 bits per heavy atom. The maximum atomic E-state index is 8.45. The second-order valence-electron chi connectivity index (χ2n) is 3.86. The summed E-state index contributed by atoms with van der Waals surface area (Å²) in [6.07, 6.45) is 4.84. The SMILES string of the molecule is ONCCOc1cccc2c1CCCC2. The number of aryl methyl sites for hydroxylation is 1. The second-order valence-corrected chi connectivity index (χ2v) is 3.86. The summed E-state index contributed by atoms with van der Waals surface area (Å²) in [6, 6.07) is 6.25. The van der Waals surface area contributed by atoms with Crippen LogP contribution in [-0.4, -0.2) is 18.4 Å². The van der Waals surface area contributed by atoms with E-state index in [0.717, 1.165) is 12.2 Å². The number of hydroxylamine groups is 1. The number of benzene rings is 1. The van der Waals surface area contributed by atoms with E-state index in [0.29, 0.717) is 13.2 Å². The highest BCUT2D eigenvalue weighted by atomic mass is 16.5. The number of hydrogen-bond acceptors (Lipinski definition) is 3. The Labute approximate surface area is 90.0 Å². The van der Waals surface area contributed by atoms with Gasteiger partial charge in [0.05, 0.1) is 6.54 Å². The summed E-state index contributed by atoms with van der Waals surface area (Å²) in [5, 5.41) is 8.45. The first-order valence-electron chi connectivity index (χ1n) is 5.52. The van der Waals surface area contributed by atoms with Crippen molar-refractivity contribution in [2.24, 2.45) is 0 Å². The van der Waals surface area contributed by atoms with Crippen molar-refractivity contribution >= 4 is 0 Å². The maximum absolute atomic E-state index is 8.45. The van der Waals surface area contributed by atoms with Crippen LogP contribution in [0.25, 0.3) is 0 Å². The van der Waals surface area contributed by atoms with Crippen LogP contribution in [0.4, 0.5) is 0 Å². The lowest BCUT2D eigenvalue weighted by atomic mass is 9.91. The van der Waals surface area contributed by atoms with Gasteiger partial charge in [-0.05, 0) is 42.9 Å². The predicted molar refractivity (Wildman–Crippen MR) is 58.4 cm³/mol. The first-order chi connectivity index (χ1) is 7.42. The minimum absolute atomic E-state index is 0.462. The summed E-state index contributed by atoms with van der Waals surface area (Å²) in [5.74, 6) is 0.988. The molecule has 3 heteroatoms. The molecule has 0 heterocycles. The van der Waals surface area contributed by atoms with E-state index in [9.17, 15) is 0 Å². The molecule has 15 heavy (non-hydrogen) atoms. The molecule has 1 aliphatic rings. The van der Waals surface area contributed by atoms with Gasteiger partial charge in [0.15, 0.2) is 0 Å². The van der Waals surface area contributed by atoms with Gasteiger partial charge in [-0.1, -0.05) is 12.1 Å². The fraction of sp³-hybridized carbons (Fsp3) is 0.500. The Hall–Kier alpha value is -1.06. The monoisotopic (exact) mass is 207 g/mol. The van der Waals surface area contributed by atoms with Crippen molar-refractivity contribution in [1.29, 1.82) is 0 Å². The summed E-state index contributed by atoms with van der Waals surface area (Å²) >= 11 is 0. The molecule has 2 rings (SSSR count). The van der Waals surface area contributed by atoms with Crippen LogP contribution in [0.3, 0.4) is 0 Å². The van der Waals surface area contributed by atoms with Crippen LogP contribution >= 0.6 is 0 Å². The minimum Gasteiger partial charge on any atom is -0.492 e. The molecule has 0 saturated carbocycles.